The van der Waals surface area contributed by atoms with E-state index in [0.29, 0.717) is 32.0 Å². The first kappa shape index (κ1) is 24.6. The van der Waals surface area contributed by atoms with E-state index in [1.807, 2.05) is 0 Å². The summed E-state index contributed by atoms with van der Waals surface area (Å²) >= 11 is 19.3. The van der Waals surface area contributed by atoms with Crippen molar-refractivity contribution >= 4 is 83.5 Å². The minimum Gasteiger partial charge on any atom is -0.495 e. The largest absolute Gasteiger partial charge is 0.495 e. The van der Waals surface area contributed by atoms with Crippen molar-refractivity contribution in [3.8, 4) is 5.75 Å². The molecule has 3 aromatic carbocycles. The molecular weight excluding hydrogens is 539 g/mol. The van der Waals surface area contributed by atoms with E-state index in [0.717, 1.165) is 14.4 Å². The Labute approximate surface area is 215 Å². The number of hydrogen-bond donors (Lipinski definition) is 1. The second kappa shape index (κ2) is 9.64. The molecule has 0 saturated heterocycles. The summed E-state index contributed by atoms with van der Waals surface area (Å²) in [6.45, 7) is 0. The third kappa shape index (κ3) is 4.82. The Morgan fingerprint density at radius 1 is 0.941 bits per heavy atom. The predicted molar refractivity (Wildman–Crippen MR) is 140 cm³/mol. The lowest BCUT2D eigenvalue weighted by molar-refractivity contribution is 0.103. The Morgan fingerprint density at radius 2 is 1.71 bits per heavy atom. The fourth-order valence-corrected chi connectivity index (χ4v) is 5.98. The molecule has 0 aliphatic rings. The van der Waals surface area contributed by atoms with E-state index in [1.54, 1.807) is 42.5 Å². The quantitative estimate of drug-likeness (QED) is 0.279. The monoisotopic (exact) mass is 554 g/mol. The molecule has 1 aromatic heterocycles. The molecule has 0 saturated carbocycles. The van der Waals surface area contributed by atoms with Crippen LogP contribution < -0.4 is 14.4 Å². The van der Waals surface area contributed by atoms with Gasteiger partial charge in [0.05, 0.1) is 37.6 Å². The highest BCUT2D eigenvalue weighted by Gasteiger charge is 2.23. The molecule has 0 radical (unpaired) electrons. The number of rotatable bonds is 6. The highest BCUT2D eigenvalue weighted by Crippen LogP contribution is 2.33. The van der Waals surface area contributed by atoms with Crippen LogP contribution in [0.5, 0.6) is 5.75 Å². The van der Waals surface area contributed by atoms with Crippen molar-refractivity contribution in [2.45, 2.75) is 4.90 Å². The van der Waals surface area contributed by atoms with Gasteiger partial charge in [0, 0.05) is 17.4 Å². The average Bonchev–Trinajstić information content (AvgIpc) is 3.24. The molecule has 1 N–H and O–H groups in total. The normalized spacial score (nSPS) is 11.4. The number of nitrogens with zero attached hydrogens (tertiary/aromatic N) is 1. The minimum absolute atomic E-state index is 0.0351. The Bertz CT molecular complexity index is 1520. The van der Waals surface area contributed by atoms with Gasteiger partial charge in [0.2, 0.25) is 0 Å². The summed E-state index contributed by atoms with van der Waals surface area (Å²) in [6, 6.07) is 16.0. The lowest BCUT2D eigenvalue weighted by atomic mass is 10.2. The van der Waals surface area contributed by atoms with E-state index in [2.05, 4.69) is 5.32 Å². The van der Waals surface area contributed by atoms with E-state index >= 15 is 0 Å². The number of hydrogen-bond acceptors (Lipinski definition) is 5. The van der Waals surface area contributed by atoms with Crippen molar-refractivity contribution in [1.29, 1.82) is 0 Å². The smallest absolute Gasteiger partial charge is 0.265 e. The molecule has 4 rings (SSSR count). The van der Waals surface area contributed by atoms with Crippen LogP contribution in [-0.2, 0) is 10.0 Å². The minimum atomic E-state index is -3.87. The van der Waals surface area contributed by atoms with Crippen LogP contribution in [0.1, 0.15) is 9.67 Å². The van der Waals surface area contributed by atoms with Gasteiger partial charge in [-0.2, -0.15) is 0 Å². The third-order valence-corrected chi connectivity index (χ3v) is 8.98. The standard InChI is InChI=1S/C23H17Cl3N2O4S2/c1-28(34(30,31)16-5-7-20(32-2)19(26)12-16)15-4-8-21-13(9-15)10-22(33-21)23(29)27-14-3-6-17(24)18(25)11-14/h3-12H,1-2H3,(H,27,29). The van der Waals surface area contributed by atoms with Gasteiger partial charge in [0.1, 0.15) is 5.75 Å². The van der Waals surface area contributed by atoms with Crippen LogP contribution in [0.25, 0.3) is 10.1 Å². The maximum absolute atomic E-state index is 13.1. The van der Waals surface area contributed by atoms with E-state index in [-0.39, 0.29) is 15.8 Å². The number of anilines is 2. The van der Waals surface area contributed by atoms with Crippen LogP contribution in [0.15, 0.2) is 65.6 Å². The first-order valence-corrected chi connectivity index (χ1v) is 13.1. The summed E-state index contributed by atoms with van der Waals surface area (Å²) in [5, 5.41) is 4.44. The number of benzene rings is 3. The van der Waals surface area contributed by atoms with Crippen LogP contribution >= 0.6 is 46.1 Å². The SMILES string of the molecule is COc1ccc(S(=O)(=O)N(C)c2ccc3sc(C(=O)Nc4ccc(Cl)c(Cl)c4)cc3c2)cc1Cl. The van der Waals surface area contributed by atoms with Gasteiger partial charge in [0.15, 0.2) is 0 Å². The molecule has 176 valence electrons. The van der Waals surface area contributed by atoms with Crippen molar-refractivity contribution < 1.29 is 17.9 Å². The van der Waals surface area contributed by atoms with Crippen molar-refractivity contribution in [2.24, 2.45) is 0 Å². The van der Waals surface area contributed by atoms with Crippen LogP contribution in [0.3, 0.4) is 0 Å². The second-order valence-corrected chi connectivity index (χ2v) is 11.5. The van der Waals surface area contributed by atoms with E-state index in [1.165, 1.54) is 43.7 Å². The number of methoxy groups -OCH3 is 1. The van der Waals surface area contributed by atoms with Crippen LogP contribution in [0.2, 0.25) is 15.1 Å². The lowest BCUT2D eigenvalue weighted by Crippen LogP contribution is -2.26. The van der Waals surface area contributed by atoms with Gasteiger partial charge < -0.3 is 10.1 Å². The zero-order chi connectivity index (χ0) is 24.6. The van der Waals surface area contributed by atoms with E-state index in [4.69, 9.17) is 39.5 Å². The molecule has 0 atom stereocenters. The number of thiophene rings is 1. The molecule has 0 aliphatic carbocycles. The van der Waals surface area contributed by atoms with Crippen LogP contribution in [-0.4, -0.2) is 28.5 Å². The number of nitrogens with one attached hydrogen (secondary N) is 1. The first-order valence-electron chi connectivity index (χ1n) is 9.72. The molecule has 1 heterocycles. The van der Waals surface area contributed by atoms with Crippen molar-refractivity contribution in [1.82, 2.24) is 0 Å². The molecule has 0 aliphatic heterocycles. The molecular formula is C23H17Cl3N2O4S2. The highest BCUT2D eigenvalue weighted by atomic mass is 35.5. The summed E-state index contributed by atoms with van der Waals surface area (Å²) in [5.41, 5.74) is 0.954. The van der Waals surface area contributed by atoms with Gasteiger partial charge in [0.25, 0.3) is 15.9 Å². The predicted octanol–water partition coefficient (Wildman–Crippen LogP) is 6.95. The number of carbonyl (C=O) groups is 1. The molecule has 11 heteroatoms. The Morgan fingerprint density at radius 3 is 2.38 bits per heavy atom. The Kier molecular flexibility index (Phi) is 6.98. The Hall–Kier alpha value is -2.49. The van der Waals surface area contributed by atoms with Crippen molar-refractivity contribution in [3.63, 3.8) is 0 Å². The highest BCUT2D eigenvalue weighted by molar-refractivity contribution is 7.92. The summed E-state index contributed by atoms with van der Waals surface area (Å²) < 4.78 is 33.4. The number of carbonyl (C=O) groups excluding carboxylic acids is 1. The molecule has 34 heavy (non-hydrogen) atoms. The van der Waals surface area contributed by atoms with Crippen molar-refractivity contribution in [2.75, 3.05) is 23.8 Å². The number of amides is 1. The topological polar surface area (TPSA) is 75.7 Å². The maximum atomic E-state index is 13.1. The van der Waals surface area contributed by atoms with E-state index < -0.39 is 10.0 Å². The zero-order valence-corrected chi connectivity index (χ0v) is 21.7. The third-order valence-electron chi connectivity index (χ3n) is 5.05. The molecule has 0 bridgehead atoms. The van der Waals surface area contributed by atoms with Gasteiger partial charge in [-0.1, -0.05) is 34.8 Å². The molecule has 0 unspecified atom stereocenters. The van der Waals surface area contributed by atoms with E-state index in [9.17, 15) is 13.2 Å². The van der Waals surface area contributed by atoms with Crippen LogP contribution in [0, 0.1) is 0 Å². The number of sulfonamides is 1. The second-order valence-electron chi connectivity index (χ2n) is 7.18. The zero-order valence-electron chi connectivity index (χ0n) is 17.8. The molecule has 1 amide bonds. The molecule has 6 nitrogen and oxygen atoms in total. The lowest BCUT2D eigenvalue weighted by Gasteiger charge is -2.20. The van der Waals surface area contributed by atoms with Crippen molar-refractivity contribution in [3.05, 3.63) is 80.6 Å². The summed E-state index contributed by atoms with van der Waals surface area (Å²) in [7, 11) is -0.960. The van der Waals surface area contributed by atoms with Gasteiger partial charge in [-0.15, -0.1) is 11.3 Å². The number of halogens is 3. The number of ether oxygens (including phenoxy) is 1. The van der Waals surface area contributed by atoms with Gasteiger partial charge in [-0.25, -0.2) is 8.42 Å². The fraction of sp³-hybridized carbons (Fsp3) is 0.0870. The molecule has 4 aromatic rings. The fourth-order valence-electron chi connectivity index (χ4n) is 3.21. The number of fused-ring (bicyclic) bond motifs is 1. The van der Waals surface area contributed by atoms with Crippen LogP contribution in [0.4, 0.5) is 11.4 Å². The first-order chi connectivity index (χ1) is 16.1. The molecule has 0 fully saturated rings. The average molecular weight is 556 g/mol. The summed E-state index contributed by atoms with van der Waals surface area (Å²) in [4.78, 5) is 13.2. The van der Waals surface area contributed by atoms with Gasteiger partial charge in [-0.05, 0) is 66.0 Å². The maximum Gasteiger partial charge on any atom is 0.265 e. The van der Waals surface area contributed by atoms with Gasteiger partial charge >= 0.3 is 0 Å². The summed E-state index contributed by atoms with van der Waals surface area (Å²) in [5.74, 6) is 0.0737. The van der Waals surface area contributed by atoms with Gasteiger partial charge in [-0.3, -0.25) is 9.10 Å². The molecule has 0 spiro atoms. The summed E-state index contributed by atoms with van der Waals surface area (Å²) in [6.07, 6.45) is 0. The Balaban J connectivity index is 1.60.